The van der Waals surface area contributed by atoms with Gasteiger partial charge in [-0.25, -0.2) is 0 Å². The standard InChI is InChI=1S/C10H9F3N2O/c1-7(6-14)15-8-4-2-3-5-9(8)16-10(11,12)13/h2-5,7,15H,1H3. The van der Waals surface area contributed by atoms with Crippen molar-refractivity contribution in [2.45, 2.75) is 19.3 Å². The SMILES string of the molecule is CC(C#N)Nc1ccccc1OC(F)(F)F. The number of ether oxygens (including phenoxy) is 1. The van der Waals surface area contributed by atoms with E-state index < -0.39 is 12.4 Å². The fraction of sp³-hybridized carbons (Fsp3) is 0.300. The topological polar surface area (TPSA) is 45.0 Å². The van der Waals surface area contributed by atoms with Crippen LogP contribution in [0.1, 0.15) is 6.92 Å². The van der Waals surface area contributed by atoms with E-state index in [-0.39, 0.29) is 11.4 Å². The number of halogens is 3. The molecule has 0 amide bonds. The zero-order valence-corrected chi connectivity index (χ0v) is 8.38. The van der Waals surface area contributed by atoms with Crippen LogP contribution in [-0.2, 0) is 0 Å². The largest absolute Gasteiger partial charge is 0.573 e. The minimum absolute atomic E-state index is 0.133. The third-order valence-electron chi connectivity index (χ3n) is 1.68. The summed E-state index contributed by atoms with van der Waals surface area (Å²) in [5.74, 6) is -0.350. The lowest BCUT2D eigenvalue weighted by atomic mass is 10.2. The van der Waals surface area contributed by atoms with Crippen molar-refractivity contribution in [3.05, 3.63) is 24.3 Å². The summed E-state index contributed by atoms with van der Waals surface area (Å²) in [4.78, 5) is 0. The Morgan fingerprint density at radius 2 is 2.00 bits per heavy atom. The summed E-state index contributed by atoms with van der Waals surface area (Å²) in [6.45, 7) is 1.53. The van der Waals surface area contributed by atoms with Crippen LogP contribution in [0.3, 0.4) is 0 Å². The Morgan fingerprint density at radius 3 is 2.56 bits per heavy atom. The second kappa shape index (κ2) is 4.75. The molecule has 1 aromatic rings. The van der Waals surface area contributed by atoms with Crippen LogP contribution in [0.25, 0.3) is 0 Å². The average Bonchev–Trinajstić information content (AvgIpc) is 2.18. The maximum atomic E-state index is 12.0. The predicted molar refractivity (Wildman–Crippen MR) is 51.8 cm³/mol. The Bertz CT molecular complexity index is 398. The summed E-state index contributed by atoms with van der Waals surface area (Å²) in [7, 11) is 0. The molecule has 1 unspecified atom stereocenters. The van der Waals surface area contributed by atoms with Crippen molar-refractivity contribution in [2.24, 2.45) is 0 Å². The van der Waals surface area contributed by atoms with Gasteiger partial charge in [-0.15, -0.1) is 13.2 Å². The van der Waals surface area contributed by atoms with Crippen LogP contribution in [-0.4, -0.2) is 12.4 Å². The molecule has 0 saturated carbocycles. The highest BCUT2D eigenvalue weighted by Crippen LogP contribution is 2.30. The number of nitrogens with zero attached hydrogens (tertiary/aromatic N) is 1. The van der Waals surface area contributed by atoms with Gasteiger partial charge in [0, 0.05) is 0 Å². The van der Waals surface area contributed by atoms with E-state index in [2.05, 4.69) is 10.1 Å². The molecule has 0 heterocycles. The first-order valence-corrected chi connectivity index (χ1v) is 4.43. The van der Waals surface area contributed by atoms with Gasteiger partial charge in [-0.2, -0.15) is 5.26 Å². The van der Waals surface area contributed by atoms with E-state index in [9.17, 15) is 13.2 Å². The highest BCUT2D eigenvalue weighted by molar-refractivity contribution is 5.57. The molecule has 0 aromatic heterocycles. The zero-order chi connectivity index (χ0) is 12.2. The summed E-state index contributed by atoms with van der Waals surface area (Å²) in [6.07, 6.45) is -4.74. The van der Waals surface area contributed by atoms with Gasteiger partial charge in [0.1, 0.15) is 6.04 Å². The van der Waals surface area contributed by atoms with E-state index in [1.54, 1.807) is 6.07 Å². The number of anilines is 1. The van der Waals surface area contributed by atoms with E-state index >= 15 is 0 Å². The summed E-state index contributed by atoms with van der Waals surface area (Å²) >= 11 is 0. The number of benzene rings is 1. The molecule has 0 aliphatic rings. The van der Waals surface area contributed by atoms with E-state index in [4.69, 9.17) is 5.26 Å². The highest BCUT2D eigenvalue weighted by atomic mass is 19.4. The number of hydrogen-bond donors (Lipinski definition) is 1. The molecule has 16 heavy (non-hydrogen) atoms. The average molecular weight is 230 g/mol. The molecular weight excluding hydrogens is 221 g/mol. The van der Waals surface area contributed by atoms with Crippen molar-refractivity contribution in [3.8, 4) is 11.8 Å². The number of nitriles is 1. The molecule has 6 heteroatoms. The van der Waals surface area contributed by atoms with Gasteiger partial charge in [0.25, 0.3) is 0 Å². The zero-order valence-electron chi connectivity index (χ0n) is 8.38. The Balaban J connectivity index is 2.88. The summed E-state index contributed by atoms with van der Waals surface area (Å²) in [6, 6.07) is 6.82. The van der Waals surface area contributed by atoms with Crippen molar-refractivity contribution in [1.82, 2.24) is 0 Å². The molecule has 0 aliphatic heterocycles. The molecule has 0 fully saturated rings. The third kappa shape index (κ3) is 3.69. The van der Waals surface area contributed by atoms with Crippen LogP contribution in [0.2, 0.25) is 0 Å². The first kappa shape index (κ1) is 12.2. The predicted octanol–water partition coefficient (Wildman–Crippen LogP) is 2.91. The molecule has 0 saturated heterocycles. The van der Waals surface area contributed by atoms with Gasteiger partial charge in [0.2, 0.25) is 0 Å². The Labute approximate surface area is 90.4 Å². The lowest BCUT2D eigenvalue weighted by Crippen LogP contribution is -2.19. The number of para-hydroxylation sites is 2. The van der Waals surface area contributed by atoms with Crippen molar-refractivity contribution in [3.63, 3.8) is 0 Å². The summed E-state index contributed by atoms with van der Waals surface area (Å²) < 4.78 is 39.9. The molecular formula is C10H9F3N2O. The van der Waals surface area contributed by atoms with Crippen molar-refractivity contribution >= 4 is 5.69 Å². The van der Waals surface area contributed by atoms with Crippen LogP contribution in [0.15, 0.2) is 24.3 Å². The van der Waals surface area contributed by atoms with Gasteiger partial charge in [-0.3, -0.25) is 0 Å². The van der Waals surface area contributed by atoms with Gasteiger partial charge in [-0.05, 0) is 19.1 Å². The highest BCUT2D eigenvalue weighted by Gasteiger charge is 2.32. The van der Waals surface area contributed by atoms with Crippen LogP contribution in [0.4, 0.5) is 18.9 Å². The molecule has 1 aromatic carbocycles. The molecule has 0 aliphatic carbocycles. The number of hydrogen-bond acceptors (Lipinski definition) is 3. The molecule has 1 atom stereocenters. The van der Waals surface area contributed by atoms with E-state index in [1.165, 1.54) is 25.1 Å². The van der Waals surface area contributed by atoms with Crippen LogP contribution in [0, 0.1) is 11.3 Å². The van der Waals surface area contributed by atoms with Gasteiger partial charge in [0.15, 0.2) is 5.75 Å². The minimum Gasteiger partial charge on any atom is -0.404 e. The molecule has 0 spiro atoms. The summed E-state index contributed by atoms with van der Waals surface area (Å²) in [5, 5.41) is 11.1. The summed E-state index contributed by atoms with van der Waals surface area (Å²) in [5.41, 5.74) is 0.133. The molecule has 3 nitrogen and oxygen atoms in total. The second-order valence-electron chi connectivity index (χ2n) is 3.04. The monoisotopic (exact) mass is 230 g/mol. The maximum absolute atomic E-state index is 12.0. The number of nitrogens with one attached hydrogen (secondary N) is 1. The third-order valence-corrected chi connectivity index (χ3v) is 1.68. The van der Waals surface area contributed by atoms with Crippen molar-refractivity contribution < 1.29 is 17.9 Å². The fourth-order valence-corrected chi connectivity index (χ4v) is 1.07. The van der Waals surface area contributed by atoms with Crippen LogP contribution < -0.4 is 10.1 Å². The molecule has 0 radical (unpaired) electrons. The van der Waals surface area contributed by atoms with E-state index in [0.717, 1.165) is 0 Å². The van der Waals surface area contributed by atoms with Gasteiger partial charge in [0.05, 0.1) is 11.8 Å². The molecule has 86 valence electrons. The minimum atomic E-state index is -4.74. The quantitative estimate of drug-likeness (QED) is 0.868. The fourth-order valence-electron chi connectivity index (χ4n) is 1.07. The van der Waals surface area contributed by atoms with Gasteiger partial charge >= 0.3 is 6.36 Å². The second-order valence-corrected chi connectivity index (χ2v) is 3.04. The van der Waals surface area contributed by atoms with Crippen LogP contribution >= 0.6 is 0 Å². The van der Waals surface area contributed by atoms with E-state index in [1.807, 2.05) is 6.07 Å². The first-order valence-electron chi connectivity index (χ1n) is 4.43. The van der Waals surface area contributed by atoms with Gasteiger partial charge < -0.3 is 10.1 Å². The molecule has 1 rings (SSSR count). The first-order chi connectivity index (χ1) is 7.42. The molecule has 0 bridgehead atoms. The Hall–Kier alpha value is -1.90. The Morgan fingerprint density at radius 1 is 1.38 bits per heavy atom. The lowest BCUT2D eigenvalue weighted by Gasteiger charge is -2.15. The Kier molecular flexibility index (Phi) is 3.61. The smallest absolute Gasteiger partial charge is 0.404 e. The normalized spacial score (nSPS) is 12.7. The van der Waals surface area contributed by atoms with Crippen molar-refractivity contribution in [1.29, 1.82) is 5.26 Å². The molecule has 1 N–H and O–H groups in total. The van der Waals surface area contributed by atoms with Crippen LogP contribution in [0.5, 0.6) is 5.75 Å². The van der Waals surface area contributed by atoms with E-state index in [0.29, 0.717) is 0 Å². The maximum Gasteiger partial charge on any atom is 0.573 e. The van der Waals surface area contributed by atoms with Gasteiger partial charge in [-0.1, -0.05) is 12.1 Å². The number of alkyl halides is 3. The number of rotatable bonds is 3. The lowest BCUT2D eigenvalue weighted by molar-refractivity contribution is -0.274. The van der Waals surface area contributed by atoms with Crippen molar-refractivity contribution in [2.75, 3.05) is 5.32 Å².